The van der Waals surface area contributed by atoms with Gasteiger partial charge in [0.15, 0.2) is 6.29 Å². The van der Waals surface area contributed by atoms with Gasteiger partial charge in [0.25, 0.3) is 0 Å². The SMILES string of the molecule is CC1(C)C2CCC1(C)C(O)(c1cccc(C=O)c1O)C2. The number of rotatable bonds is 2. The van der Waals surface area contributed by atoms with E-state index < -0.39 is 5.60 Å². The summed E-state index contributed by atoms with van der Waals surface area (Å²) in [6, 6.07) is 5.07. The van der Waals surface area contributed by atoms with Gasteiger partial charge >= 0.3 is 0 Å². The van der Waals surface area contributed by atoms with Crippen molar-refractivity contribution in [1.29, 1.82) is 0 Å². The molecular formula is C17H22O3. The van der Waals surface area contributed by atoms with Gasteiger partial charge in [0.1, 0.15) is 5.75 Å². The van der Waals surface area contributed by atoms with Crippen molar-refractivity contribution in [2.24, 2.45) is 16.7 Å². The summed E-state index contributed by atoms with van der Waals surface area (Å²) < 4.78 is 0. The van der Waals surface area contributed by atoms with Crippen molar-refractivity contribution in [2.75, 3.05) is 0 Å². The number of aliphatic hydroxyl groups is 1. The summed E-state index contributed by atoms with van der Waals surface area (Å²) in [7, 11) is 0. The second-order valence-electron chi connectivity index (χ2n) is 7.22. The minimum atomic E-state index is -1.05. The van der Waals surface area contributed by atoms with Gasteiger partial charge in [-0.3, -0.25) is 4.79 Å². The monoisotopic (exact) mass is 274 g/mol. The van der Waals surface area contributed by atoms with Crippen molar-refractivity contribution >= 4 is 6.29 Å². The summed E-state index contributed by atoms with van der Waals surface area (Å²) in [6.45, 7) is 6.54. The van der Waals surface area contributed by atoms with Crippen molar-refractivity contribution in [3.8, 4) is 5.75 Å². The summed E-state index contributed by atoms with van der Waals surface area (Å²) in [5.74, 6) is 0.395. The highest BCUT2D eigenvalue weighted by Gasteiger charge is 2.69. The van der Waals surface area contributed by atoms with Gasteiger partial charge in [-0.25, -0.2) is 0 Å². The zero-order chi connectivity index (χ0) is 14.8. The first kappa shape index (κ1) is 13.6. The van der Waals surface area contributed by atoms with Crippen LogP contribution in [0.25, 0.3) is 0 Å². The molecule has 0 heterocycles. The van der Waals surface area contributed by atoms with Crippen molar-refractivity contribution in [3.05, 3.63) is 29.3 Å². The largest absolute Gasteiger partial charge is 0.507 e. The van der Waals surface area contributed by atoms with Crippen LogP contribution < -0.4 is 0 Å². The summed E-state index contributed by atoms with van der Waals surface area (Å²) in [6.07, 6.45) is 3.38. The number of aldehydes is 1. The molecule has 20 heavy (non-hydrogen) atoms. The molecule has 1 aromatic carbocycles. The molecule has 2 aliphatic carbocycles. The maximum atomic E-state index is 11.4. The minimum absolute atomic E-state index is 0.0331. The van der Waals surface area contributed by atoms with Crippen LogP contribution >= 0.6 is 0 Å². The topological polar surface area (TPSA) is 57.5 Å². The standard InChI is InChI=1S/C17H22O3/c1-15(2)12-7-8-16(15,3)17(20,9-12)13-6-4-5-11(10-18)14(13)19/h4-6,10,12,19-20H,7-9H2,1-3H3. The van der Waals surface area contributed by atoms with Gasteiger partial charge in [-0.05, 0) is 36.7 Å². The Morgan fingerprint density at radius 1 is 1.30 bits per heavy atom. The first-order valence-corrected chi connectivity index (χ1v) is 7.28. The van der Waals surface area contributed by atoms with Gasteiger partial charge in [-0.15, -0.1) is 0 Å². The van der Waals surface area contributed by atoms with E-state index in [-0.39, 0.29) is 22.1 Å². The molecule has 3 nitrogen and oxygen atoms in total. The number of phenolic OH excluding ortho intramolecular Hbond substituents is 1. The Morgan fingerprint density at radius 2 is 2.00 bits per heavy atom. The fraction of sp³-hybridized carbons (Fsp3) is 0.588. The van der Waals surface area contributed by atoms with Crippen LogP contribution in [0.5, 0.6) is 5.75 Å². The molecule has 1 aromatic rings. The lowest BCUT2D eigenvalue weighted by Crippen LogP contribution is -2.44. The lowest BCUT2D eigenvalue weighted by molar-refractivity contribution is -0.0969. The molecule has 3 heteroatoms. The molecule has 3 atom stereocenters. The number of hydrogen-bond acceptors (Lipinski definition) is 3. The van der Waals surface area contributed by atoms with E-state index in [1.165, 1.54) is 0 Å². The van der Waals surface area contributed by atoms with Crippen molar-refractivity contribution in [1.82, 2.24) is 0 Å². The maximum absolute atomic E-state index is 11.4. The molecule has 0 spiro atoms. The van der Waals surface area contributed by atoms with Gasteiger partial charge in [-0.2, -0.15) is 0 Å². The summed E-state index contributed by atoms with van der Waals surface area (Å²) >= 11 is 0. The Labute approximate surface area is 119 Å². The number of carbonyl (C=O) groups excluding carboxylic acids is 1. The molecule has 3 rings (SSSR count). The van der Waals surface area contributed by atoms with E-state index >= 15 is 0 Å². The average Bonchev–Trinajstić information content (AvgIpc) is 2.71. The number of benzene rings is 1. The number of carbonyl (C=O) groups is 1. The van der Waals surface area contributed by atoms with Crippen LogP contribution in [-0.4, -0.2) is 16.5 Å². The number of fused-ring (bicyclic) bond motifs is 2. The van der Waals surface area contributed by atoms with E-state index in [9.17, 15) is 15.0 Å². The molecule has 2 N–H and O–H groups in total. The third kappa shape index (κ3) is 1.32. The first-order valence-electron chi connectivity index (χ1n) is 7.28. The van der Waals surface area contributed by atoms with Gasteiger partial charge in [-0.1, -0.05) is 32.9 Å². The Hall–Kier alpha value is -1.35. The van der Waals surface area contributed by atoms with Crippen LogP contribution in [-0.2, 0) is 5.60 Å². The Kier molecular flexibility index (Phi) is 2.62. The van der Waals surface area contributed by atoms with Crippen molar-refractivity contribution < 1.29 is 15.0 Å². The Bertz CT molecular complexity index is 578. The minimum Gasteiger partial charge on any atom is -0.507 e. The number of para-hydroxylation sites is 1. The molecule has 0 radical (unpaired) electrons. The van der Waals surface area contributed by atoms with Gasteiger partial charge in [0, 0.05) is 11.0 Å². The molecule has 0 saturated heterocycles. The zero-order valence-electron chi connectivity index (χ0n) is 12.3. The number of aromatic hydroxyl groups is 1. The molecule has 2 bridgehead atoms. The maximum Gasteiger partial charge on any atom is 0.153 e. The van der Waals surface area contributed by atoms with E-state index in [0.717, 1.165) is 12.8 Å². The Morgan fingerprint density at radius 3 is 2.50 bits per heavy atom. The average molecular weight is 274 g/mol. The van der Waals surface area contributed by atoms with Gasteiger partial charge in [0.2, 0.25) is 0 Å². The van der Waals surface area contributed by atoms with Crippen LogP contribution in [0.3, 0.4) is 0 Å². The highest BCUT2D eigenvalue weighted by Crippen LogP contribution is 2.73. The van der Waals surface area contributed by atoms with Gasteiger partial charge in [0.05, 0.1) is 11.2 Å². The molecular weight excluding hydrogens is 252 g/mol. The molecule has 0 aromatic heterocycles. The fourth-order valence-electron chi connectivity index (χ4n) is 4.67. The molecule has 2 aliphatic rings. The number of phenols is 1. The van der Waals surface area contributed by atoms with E-state index in [4.69, 9.17) is 0 Å². The molecule has 0 aliphatic heterocycles. The van der Waals surface area contributed by atoms with E-state index in [2.05, 4.69) is 20.8 Å². The lowest BCUT2D eigenvalue weighted by atomic mass is 9.62. The van der Waals surface area contributed by atoms with Crippen LogP contribution in [0.1, 0.15) is 56.0 Å². The highest BCUT2D eigenvalue weighted by atomic mass is 16.3. The van der Waals surface area contributed by atoms with Crippen LogP contribution in [0.15, 0.2) is 18.2 Å². The highest BCUT2D eigenvalue weighted by molar-refractivity contribution is 5.80. The van der Waals surface area contributed by atoms with Gasteiger partial charge < -0.3 is 10.2 Å². The fourth-order valence-corrected chi connectivity index (χ4v) is 4.67. The first-order chi connectivity index (χ1) is 9.28. The summed E-state index contributed by atoms with van der Waals surface area (Å²) in [4.78, 5) is 11.0. The van der Waals surface area contributed by atoms with E-state index in [1.54, 1.807) is 18.2 Å². The lowest BCUT2D eigenvalue weighted by Gasteiger charge is -2.45. The zero-order valence-corrected chi connectivity index (χ0v) is 12.3. The molecule has 2 fully saturated rings. The van der Waals surface area contributed by atoms with E-state index in [0.29, 0.717) is 24.2 Å². The quantitative estimate of drug-likeness (QED) is 0.814. The second kappa shape index (κ2) is 3.85. The van der Waals surface area contributed by atoms with Crippen molar-refractivity contribution in [2.45, 2.75) is 45.6 Å². The molecule has 3 unspecified atom stereocenters. The molecule has 108 valence electrons. The second-order valence-corrected chi connectivity index (χ2v) is 7.22. The third-order valence-electron chi connectivity index (χ3n) is 6.53. The normalized spacial score (nSPS) is 38.1. The van der Waals surface area contributed by atoms with Crippen molar-refractivity contribution in [3.63, 3.8) is 0 Å². The predicted molar refractivity (Wildman–Crippen MR) is 76.6 cm³/mol. The molecule has 0 amide bonds. The summed E-state index contributed by atoms with van der Waals surface area (Å²) in [5, 5.41) is 21.7. The Balaban J connectivity index is 2.19. The summed E-state index contributed by atoms with van der Waals surface area (Å²) in [5.41, 5.74) is -0.530. The smallest absolute Gasteiger partial charge is 0.153 e. The van der Waals surface area contributed by atoms with Crippen LogP contribution in [0.4, 0.5) is 0 Å². The van der Waals surface area contributed by atoms with Crippen LogP contribution in [0.2, 0.25) is 0 Å². The van der Waals surface area contributed by atoms with E-state index in [1.807, 2.05) is 0 Å². The van der Waals surface area contributed by atoms with Crippen LogP contribution in [0, 0.1) is 16.7 Å². The molecule has 2 saturated carbocycles. The number of hydrogen-bond donors (Lipinski definition) is 2. The third-order valence-corrected chi connectivity index (χ3v) is 6.53. The predicted octanol–water partition coefficient (Wildman–Crippen LogP) is 3.24.